The van der Waals surface area contributed by atoms with Gasteiger partial charge in [-0.25, -0.2) is 4.39 Å². The SMILES string of the molecule is CSc1ccc(NCc2ccc(CO)cc2)cc1F. The van der Waals surface area contributed by atoms with Crippen molar-refractivity contribution >= 4 is 17.4 Å². The Labute approximate surface area is 116 Å². The Bertz CT molecular complexity index is 542. The lowest BCUT2D eigenvalue weighted by Gasteiger charge is -2.08. The molecule has 0 aliphatic carbocycles. The zero-order valence-corrected chi connectivity index (χ0v) is 11.5. The van der Waals surface area contributed by atoms with E-state index < -0.39 is 0 Å². The van der Waals surface area contributed by atoms with Gasteiger partial charge in [-0.2, -0.15) is 0 Å². The van der Waals surface area contributed by atoms with E-state index in [1.165, 1.54) is 17.8 Å². The molecule has 0 amide bonds. The lowest BCUT2D eigenvalue weighted by Crippen LogP contribution is -2.00. The highest BCUT2D eigenvalue weighted by atomic mass is 32.2. The van der Waals surface area contributed by atoms with Crippen LogP contribution in [0.1, 0.15) is 11.1 Å². The number of hydrogen-bond donors (Lipinski definition) is 2. The monoisotopic (exact) mass is 277 g/mol. The highest BCUT2D eigenvalue weighted by molar-refractivity contribution is 7.98. The number of rotatable bonds is 5. The van der Waals surface area contributed by atoms with Gasteiger partial charge in [0.05, 0.1) is 6.61 Å². The molecule has 2 aromatic carbocycles. The summed E-state index contributed by atoms with van der Waals surface area (Å²) in [5.74, 6) is -0.201. The summed E-state index contributed by atoms with van der Waals surface area (Å²) in [6, 6.07) is 12.8. The fourth-order valence-corrected chi connectivity index (χ4v) is 2.20. The molecule has 0 spiro atoms. The summed E-state index contributed by atoms with van der Waals surface area (Å²) in [7, 11) is 0. The predicted molar refractivity (Wildman–Crippen MR) is 77.9 cm³/mol. The van der Waals surface area contributed by atoms with Crippen molar-refractivity contribution < 1.29 is 9.50 Å². The number of benzene rings is 2. The molecule has 0 aliphatic rings. The Morgan fingerprint density at radius 3 is 2.37 bits per heavy atom. The van der Waals surface area contributed by atoms with Gasteiger partial charge in [0.2, 0.25) is 0 Å². The quantitative estimate of drug-likeness (QED) is 0.818. The van der Waals surface area contributed by atoms with Crippen molar-refractivity contribution in [3.63, 3.8) is 0 Å². The van der Waals surface area contributed by atoms with Crippen molar-refractivity contribution in [2.45, 2.75) is 18.0 Å². The molecule has 0 atom stereocenters. The van der Waals surface area contributed by atoms with Crippen LogP contribution < -0.4 is 5.32 Å². The first kappa shape index (κ1) is 13.9. The van der Waals surface area contributed by atoms with Crippen LogP contribution in [0.4, 0.5) is 10.1 Å². The molecule has 4 heteroatoms. The van der Waals surface area contributed by atoms with E-state index >= 15 is 0 Å². The maximum Gasteiger partial charge on any atom is 0.138 e. The molecule has 0 heterocycles. The molecule has 2 N–H and O–H groups in total. The van der Waals surface area contributed by atoms with Crippen LogP contribution in [-0.4, -0.2) is 11.4 Å². The fraction of sp³-hybridized carbons (Fsp3) is 0.200. The Morgan fingerprint density at radius 1 is 1.11 bits per heavy atom. The molecular weight excluding hydrogens is 261 g/mol. The number of aliphatic hydroxyl groups excluding tert-OH is 1. The molecule has 2 nitrogen and oxygen atoms in total. The molecule has 100 valence electrons. The fourth-order valence-electron chi connectivity index (χ4n) is 1.74. The van der Waals surface area contributed by atoms with Crippen molar-refractivity contribution in [2.75, 3.05) is 11.6 Å². The molecule has 2 aromatic rings. The van der Waals surface area contributed by atoms with E-state index in [1.807, 2.05) is 36.6 Å². The molecule has 2 rings (SSSR count). The number of nitrogens with one attached hydrogen (secondary N) is 1. The third kappa shape index (κ3) is 3.72. The van der Waals surface area contributed by atoms with Crippen molar-refractivity contribution in [1.29, 1.82) is 0 Å². The molecule has 0 radical (unpaired) electrons. The highest BCUT2D eigenvalue weighted by Crippen LogP contribution is 2.22. The molecular formula is C15H16FNOS. The van der Waals surface area contributed by atoms with Crippen LogP contribution >= 0.6 is 11.8 Å². The minimum Gasteiger partial charge on any atom is -0.392 e. The lowest BCUT2D eigenvalue weighted by atomic mass is 10.1. The average molecular weight is 277 g/mol. The van der Waals surface area contributed by atoms with Crippen LogP contribution in [0.5, 0.6) is 0 Å². The van der Waals surface area contributed by atoms with E-state index in [0.29, 0.717) is 11.4 Å². The van der Waals surface area contributed by atoms with Crippen LogP contribution in [0.15, 0.2) is 47.4 Å². The second kappa shape index (κ2) is 6.59. The average Bonchev–Trinajstić information content (AvgIpc) is 2.46. The summed E-state index contributed by atoms with van der Waals surface area (Å²) < 4.78 is 13.6. The zero-order valence-electron chi connectivity index (χ0n) is 10.7. The normalized spacial score (nSPS) is 10.5. The van der Waals surface area contributed by atoms with E-state index in [0.717, 1.165) is 16.8 Å². The molecule has 0 aliphatic heterocycles. The lowest BCUT2D eigenvalue weighted by molar-refractivity contribution is 0.282. The van der Waals surface area contributed by atoms with Crippen LogP contribution in [0.3, 0.4) is 0 Å². The van der Waals surface area contributed by atoms with Gasteiger partial charge in [0, 0.05) is 17.1 Å². The summed E-state index contributed by atoms with van der Waals surface area (Å²) in [4.78, 5) is 0.651. The third-order valence-corrected chi connectivity index (χ3v) is 3.62. The predicted octanol–water partition coefficient (Wildman–Crippen LogP) is 3.65. The summed E-state index contributed by atoms with van der Waals surface area (Å²) in [6.07, 6.45) is 1.86. The van der Waals surface area contributed by atoms with E-state index in [2.05, 4.69) is 5.32 Å². The Kier molecular flexibility index (Phi) is 4.82. The molecule has 0 bridgehead atoms. The first-order chi connectivity index (χ1) is 9.22. The summed E-state index contributed by atoms with van der Waals surface area (Å²) >= 11 is 1.40. The maximum absolute atomic E-state index is 13.6. The molecule has 19 heavy (non-hydrogen) atoms. The second-order valence-electron chi connectivity index (χ2n) is 4.18. The largest absolute Gasteiger partial charge is 0.392 e. The van der Waals surface area contributed by atoms with Crippen LogP contribution in [0.25, 0.3) is 0 Å². The first-order valence-corrected chi connectivity index (χ1v) is 7.21. The number of hydrogen-bond acceptors (Lipinski definition) is 3. The Balaban J connectivity index is 1.99. The van der Waals surface area contributed by atoms with Crippen molar-refractivity contribution in [3.05, 3.63) is 59.4 Å². The van der Waals surface area contributed by atoms with Gasteiger partial charge in [0.15, 0.2) is 0 Å². The summed E-state index contributed by atoms with van der Waals surface area (Å²) in [5, 5.41) is 12.1. The van der Waals surface area contributed by atoms with Gasteiger partial charge in [0.25, 0.3) is 0 Å². The summed E-state index contributed by atoms with van der Waals surface area (Å²) in [6.45, 7) is 0.679. The van der Waals surface area contributed by atoms with Gasteiger partial charge < -0.3 is 10.4 Å². The van der Waals surface area contributed by atoms with E-state index in [1.54, 1.807) is 6.07 Å². The van der Waals surface area contributed by atoms with E-state index in [-0.39, 0.29) is 12.4 Å². The minimum absolute atomic E-state index is 0.0507. The standard InChI is InChI=1S/C15H16FNOS/c1-19-15-7-6-13(8-14(15)16)17-9-11-2-4-12(10-18)5-3-11/h2-8,17-18H,9-10H2,1H3. The zero-order chi connectivity index (χ0) is 13.7. The molecule has 0 fully saturated rings. The summed E-state index contributed by atoms with van der Waals surface area (Å²) in [5.41, 5.74) is 2.74. The van der Waals surface area contributed by atoms with E-state index in [4.69, 9.17) is 5.11 Å². The number of anilines is 1. The molecule has 0 saturated heterocycles. The second-order valence-corrected chi connectivity index (χ2v) is 5.03. The minimum atomic E-state index is -0.201. The van der Waals surface area contributed by atoms with Gasteiger partial charge in [-0.3, -0.25) is 0 Å². The maximum atomic E-state index is 13.6. The molecule has 0 aromatic heterocycles. The Morgan fingerprint density at radius 2 is 1.79 bits per heavy atom. The number of halogens is 1. The van der Waals surface area contributed by atoms with Crippen LogP contribution in [-0.2, 0) is 13.2 Å². The topological polar surface area (TPSA) is 32.3 Å². The highest BCUT2D eigenvalue weighted by Gasteiger charge is 2.02. The van der Waals surface area contributed by atoms with Gasteiger partial charge in [0.1, 0.15) is 5.82 Å². The molecule has 0 saturated carbocycles. The van der Waals surface area contributed by atoms with Gasteiger partial charge >= 0.3 is 0 Å². The van der Waals surface area contributed by atoms with Gasteiger partial charge in [-0.1, -0.05) is 24.3 Å². The van der Waals surface area contributed by atoms with Crippen molar-refractivity contribution in [3.8, 4) is 0 Å². The first-order valence-electron chi connectivity index (χ1n) is 5.99. The van der Waals surface area contributed by atoms with Crippen molar-refractivity contribution in [2.24, 2.45) is 0 Å². The number of thioether (sulfide) groups is 1. The van der Waals surface area contributed by atoms with Gasteiger partial charge in [-0.05, 0) is 35.6 Å². The van der Waals surface area contributed by atoms with Crippen molar-refractivity contribution in [1.82, 2.24) is 0 Å². The van der Waals surface area contributed by atoms with Crippen LogP contribution in [0, 0.1) is 5.82 Å². The smallest absolute Gasteiger partial charge is 0.138 e. The molecule has 0 unspecified atom stereocenters. The number of aliphatic hydroxyl groups is 1. The Hall–Kier alpha value is -1.52. The third-order valence-electron chi connectivity index (χ3n) is 2.85. The van der Waals surface area contributed by atoms with Crippen LogP contribution in [0.2, 0.25) is 0 Å². The van der Waals surface area contributed by atoms with E-state index in [9.17, 15) is 4.39 Å². The van der Waals surface area contributed by atoms with Gasteiger partial charge in [-0.15, -0.1) is 11.8 Å².